The molecule has 0 aliphatic rings. The molecule has 1 aromatic heterocycles. The molecule has 0 unspecified atom stereocenters. The van der Waals surface area contributed by atoms with Crippen molar-refractivity contribution in [1.29, 1.82) is 0 Å². The molecule has 228 valence electrons. The van der Waals surface area contributed by atoms with Crippen LogP contribution in [0.4, 0.5) is 0 Å². The molecule has 0 N–H and O–H groups in total. The first-order valence-corrected chi connectivity index (χ1v) is 15.9. The number of rotatable bonds is 4. The lowest BCUT2D eigenvalue weighted by molar-refractivity contribution is 0.669. The second-order valence-corrected chi connectivity index (χ2v) is 12.0. The molecule has 0 spiro atoms. The van der Waals surface area contributed by atoms with Crippen molar-refractivity contribution in [3.05, 3.63) is 182 Å². The molecule has 0 amide bonds. The predicted octanol–water partition coefficient (Wildman–Crippen LogP) is 13.7. The van der Waals surface area contributed by atoms with E-state index < -0.39 is 54.4 Å². The Hall–Kier alpha value is -6.44. The molecule has 1 nitrogen and oxygen atoms in total. The zero-order chi connectivity index (χ0) is 41.9. The lowest BCUT2D eigenvalue weighted by Crippen LogP contribution is -1.90. The van der Waals surface area contributed by atoms with E-state index in [0.717, 1.165) is 49.0 Å². The molecule has 10 rings (SSSR count). The third-order valence-electron chi connectivity index (χ3n) is 9.23. The summed E-state index contributed by atoms with van der Waals surface area (Å²) in [5.74, 6) is 0. The molecule has 0 fully saturated rings. The van der Waals surface area contributed by atoms with Crippen LogP contribution in [0.1, 0.15) is 15.1 Å². The first kappa shape index (κ1) is 18.8. The van der Waals surface area contributed by atoms with Gasteiger partial charge in [0, 0.05) is 10.8 Å². The lowest BCUT2D eigenvalue weighted by atomic mass is 9.85. The molecule has 0 radical (unpaired) electrons. The Morgan fingerprint density at radius 2 is 1.00 bits per heavy atom. The summed E-state index contributed by atoms with van der Waals surface area (Å²) in [6, 6.07) is 33.0. The first-order chi connectivity index (χ1) is 28.9. The predicted molar refractivity (Wildman–Crippen MR) is 208 cm³/mol. The van der Waals surface area contributed by atoms with Gasteiger partial charge in [-0.25, -0.2) is 0 Å². The molecule has 0 aliphatic carbocycles. The van der Waals surface area contributed by atoms with Gasteiger partial charge in [-0.3, -0.25) is 0 Å². The minimum atomic E-state index is -0.654. The molecule has 10 aromatic rings. The second kappa shape index (κ2) is 11.1. The Balaban J connectivity index is 1.19. The molecule has 0 bridgehead atoms. The molecule has 0 aliphatic heterocycles. The fourth-order valence-electron chi connectivity index (χ4n) is 7.07. The van der Waals surface area contributed by atoms with Gasteiger partial charge >= 0.3 is 0 Å². The molecule has 1 heterocycles. The van der Waals surface area contributed by atoms with E-state index in [-0.39, 0.29) is 50.7 Å². The summed E-state index contributed by atoms with van der Waals surface area (Å²) in [5, 5.41) is 6.05. The van der Waals surface area contributed by atoms with Gasteiger partial charge in [0.05, 0.1) is 15.1 Å². The van der Waals surface area contributed by atoms with Crippen LogP contribution in [0.5, 0.6) is 0 Å². The highest BCUT2D eigenvalue weighted by atomic mass is 16.3. The highest BCUT2D eigenvalue weighted by Crippen LogP contribution is 2.44. The topological polar surface area (TPSA) is 13.1 Å². The van der Waals surface area contributed by atoms with E-state index in [0.29, 0.717) is 5.56 Å². The minimum Gasteiger partial charge on any atom is -0.456 e. The number of hydrogen-bond acceptors (Lipinski definition) is 1. The van der Waals surface area contributed by atoms with Crippen LogP contribution in [0, 0.1) is 0 Å². The number of furan rings is 1. The van der Waals surface area contributed by atoms with Crippen molar-refractivity contribution in [1.82, 2.24) is 0 Å². The fraction of sp³-hybridized carbons (Fsp3) is 0. The van der Waals surface area contributed by atoms with Crippen molar-refractivity contribution in [2.24, 2.45) is 0 Å². The van der Waals surface area contributed by atoms with Gasteiger partial charge in [0.1, 0.15) is 11.2 Å². The van der Waals surface area contributed by atoms with Gasteiger partial charge in [-0.05, 0) is 107 Å². The molecule has 49 heavy (non-hydrogen) atoms. The highest BCUT2D eigenvalue weighted by Gasteiger charge is 2.17. The highest BCUT2D eigenvalue weighted by molar-refractivity contribution is 6.22. The van der Waals surface area contributed by atoms with Crippen LogP contribution >= 0.6 is 0 Å². The van der Waals surface area contributed by atoms with Crippen molar-refractivity contribution in [2.45, 2.75) is 0 Å². The molecule has 1 heteroatoms. The van der Waals surface area contributed by atoms with Crippen LogP contribution in [-0.4, -0.2) is 0 Å². The average molecular weight is 634 g/mol. The second-order valence-electron chi connectivity index (χ2n) is 12.0. The van der Waals surface area contributed by atoms with E-state index in [1.165, 1.54) is 5.56 Å². The maximum absolute atomic E-state index is 9.55. The Labute approximate surface area is 299 Å². The zero-order valence-electron chi connectivity index (χ0n) is 36.9. The number of hydrogen-bond donors (Lipinski definition) is 0. The fourth-order valence-corrected chi connectivity index (χ4v) is 7.07. The van der Waals surface area contributed by atoms with E-state index in [9.17, 15) is 1.37 Å². The summed E-state index contributed by atoms with van der Waals surface area (Å²) in [6.45, 7) is 0. The van der Waals surface area contributed by atoms with Crippen LogP contribution < -0.4 is 0 Å². The summed E-state index contributed by atoms with van der Waals surface area (Å²) in [4.78, 5) is 0. The Morgan fingerprint density at radius 3 is 1.69 bits per heavy atom. The molecule has 0 saturated carbocycles. The van der Waals surface area contributed by atoms with E-state index in [1.54, 1.807) is 6.07 Å². The Kier molecular flexibility index (Phi) is 4.25. The maximum atomic E-state index is 9.55. The quantitative estimate of drug-likeness (QED) is 0.176. The molecule has 0 atom stereocenters. The average Bonchev–Trinajstić information content (AvgIpc) is 3.67. The van der Waals surface area contributed by atoms with Crippen LogP contribution in [0.15, 0.2) is 186 Å². The van der Waals surface area contributed by atoms with Crippen molar-refractivity contribution >= 4 is 54.3 Å². The van der Waals surface area contributed by atoms with Crippen LogP contribution in [0.2, 0.25) is 0 Å². The van der Waals surface area contributed by atoms with Gasteiger partial charge in [-0.15, -0.1) is 0 Å². The van der Waals surface area contributed by atoms with E-state index in [1.807, 2.05) is 24.3 Å². The minimum absolute atomic E-state index is 0.0574. The monoisotopic (exact) mass is 633 g/mol. The van der Waals surface area contributed by atoms with Gasteiger partial charge in [0.25, 0.3) is 0 Å². The van der Waals surface area contributed by atoms with E-state index >= 15 is 0 Å². The largest absolute Gasteiger partial charge is 0.456 e. The summed E-state index contributed by atoms with van der Waals surface area (Å²) in [5.41, 5.74) is 3.76. The Morgan fingerprint density at radius 1 is 0.388 bits per heavy atom. The van der Waals surface area contributed by atoms with Crippen LogP contribution in [-0.2, 0) is 0 Å². The van der Waals surface area contributed by atoms with Gasteiger partial charge in [0.2, 0.25) is 0 Å². The van der Waals surface area contributed by atoms with Crippen LogP contribution in [0.3, 0.4) is 0 Å². The van der Waals surface area contributed by atoms with Gasteiger partial charge in [0.15, 0.2) is 0 Å². The molecular formula is C48H30O. The van der Waals surface area contributed by atoms with E-state index in [4.69, 9.17) is 18.1 Å². The first-order valence-electron chi connectivity index (χ1n) is 21.4. The van der Waals surface area contributed by atoms with Gasteiger partial charge in [-0.2, -0.15) is 0 Å². The van der Waals surface area contributed by atoms with Crippen molar-refractivity contribution in [2.75, 3.05) is 0 Å². The van der Waals surface area contributed by atoms with E-state index in [2.05, 4.69) is 84.9 Å². The third-order valence-corrected chi connectivity index (χ3v) is 9.23. The van der Waals surface area contributed by atoms with Gasteiger partial charge in [-0.1, -0.05) is 151 Å². The van der Waals surface area contributed by atoms with Crippen molar-refractivity contribution in [3.63, 3.8) is 0 Å². The summed E-state index contributed by atoms with van der Waals surface area (Å²) < 4.78 is 102. The standard InChI is InChI=1S/C48H30O/c1-3-12-31(13-4-1)38-20-11-21-45-48(38)43-30-36(26-27-44(43)49-45)34-22-23-35-29-37(25-24-33(35)28-34)47-41-18-9-7-16-39(41)46(32-14-5-2-6-15-32)40-17-8-10-19-42(40)47/h1-30H/i1D,3D,4D,11D,12D,13D,20D,21D,26D,27D,30D. The smallest absolute Gasteiger partial charge is 0.136 e. The SMILES string of the molecule is [2H]c1c([2H])c([2H])c(-c2c([2H])c([2H])c([2H])c3oc4c([2H])c([2H])c(-c5ccc6cc(-c7c8ccccc8c(-c8ccccc8)c8ccccc78)ccc6c5)c([2H])c4c23)c([2H])c1[2H]. The maximum Gasteiger partial charge on any atom is 0.136 e. The summed E-state index contributed by atoms with van der Waals surface area (Å²) in [6.07, 6.45) is 0. The van der Waals surface area contributed by atoms with Crippen LogP contribution in [0.25, 0.3) is 98.8 Å². The number of fused-ring (bicyclic) bond motifs is 6. The summed E-state index contributed by atoms with van der Waals surface area (Å²) >= 11 is 0. The van der Waals surface area contributed by atoms with Crippen molar-refractivity contribution in [3.8, 4) is 44.5 Å². The molecule has 0 saturated heterocycles. The summed E-state index contributed by atoms with van der Waals surface area (Å²) in [7, 11) is 0. The Bertz CT molecular complexity index is 3420. The number of benzene rings is 9. The normalized spacial score (nSPS) is 14.8. The molecule has 9 aromatic carbocycles. The zero-order valence-corrected chi connectivity index (χ0v) is 25.9. The van der Waals surface area contributed by atoms with Crippen molar-refractivity contribution < 1.29 is 19.5 Å². The van der Waals surface area contributed by atoms with Gasteiger partial charge < -0.3 is 4.42 Å². The molecular weight excluding hydrogens is 593 g/mol. The third kappa shape index (κ3) is 4.47. The lowest BCUT2D eigenvalue weighted by Gasteiger charge is -2.18.